The molecule has 2 N–H and O–H groups in total. The molecule has 5 heteroatoms. The number of rotatable bonds is 2. The van der Waals surface area contributed by atoms with E-state index in [1.807, 2.05) is 12.1 Å². The van der Waals surface area contributed by atoms with Crippen LogP contribution >= 0.6 is 11.6 Å². The molecule has 0 amide bonds. The molecule has 0 spiro atoms. The Balaban J connectivity index is 1.93. The number of hydrogen-bond donors (Lipinski definition) is 1. The zero-order valence-electron chi connectivity index (χ0n) is 10.6. The van der Waals surface area contributed by atoms with Gasteiger partial charge in [-0.15, -0.1) is 0 Å². The minimum Gasteiger partial charge on any atom is -0.370 e. The van der Waals surface area contributed by atoms with Gasteiger partial charge in [-0.25, -0.2) is 4.99 Å². The number of aliphatic imine (C=N–C) groups is 1. The summed E-state index contributed by atoms with van der Waals surface area (Å²) in [6.45, 7) is 4.77. The third kappa shape index (κ3) is 3.60. The van der Waals surface area contributed by atoms with E-state index in [-0.39, 0.29) is 0 Å². The van der Waals surface area contributed by atoms with E-state index in [2.05, 4.69) is 21.8 Å². The van der Waals surface area contributed by atoms with Crippen molar-refractivity contribution < 1.29 is 0 Å². The summed E-state index contributed by atoms with van der Waals surface area (Å²) < 4.78 is 0. The van der Waals surface area contributed by atoms with Crippen LogP contribution in [0.5, 0.6) is 0 Å². The van der Waals surface area contributed by atoms with Gasteiger partial charge in [0.15, 0.2) is 5.96 Å². The fourth-order valence-electron chi connectivity index (χ4n) is 2.16. The first-order valence-electron chi connectivity index (χ1n) is 6.30. The van der Waals surface area contributed by atoms with Crippen LogP contribution in [-0.4, -0.2) is 28.9 Å². The van der Waals surface area contributed by atoms with Gasteiger partial charge in [0.2, 0.25) is 0 Å². The van der Waals surface area contributed by atoms with Crippen LogP contribution in [0.25, 0.3) is 0 Å². The number of pyridine rings is 1. The van der Waals surface area contributed by atoms with Crippen LogP contribution in [-0.2, 0) is 6.54 Å². The number of piperidine rings is 1. The standard InChI is InChI=1S/C13H19ClN4/c1-10-3-2-6-18(9-10)13(15)17-8-12-5-4-11(14)7-16-12/h4-5,7,10H,2-3,6,8-9H2,1H3,(H2,15,17). The molecule has 0 radical (unpaired) electrons. The lowest BCUT2D eigenvalue weighted by molar-refractivity contribution is 0.270. The summed E-state index contributed by atoms with van der Waals surface area (Å²) in [5.41, 5.74) is 6.89. The van der Waals surface area contributed by atoms with Crippen LogP contribution in [0.1, 0.15) is 25.5 Å². The van der Waals surface area contributed by atoms with E-state index in [1.54, 1.807) is 6.20 Å². The Labute approximate surface area is 113 Å². The number of nitrogens with zero attached hydrogens (tertiary/aromatic N) is 3. The number of nitrogens with two attached hydrogens (primary N) is 1. The highest BCUT2D eigenvalue weighted by Gasteiger charge is 2.17. The average molecular weight is 267 g/mol. The molecule has 18 heavy (non-hydrogen) atoms. The molecule has 98 valence electrons. The molecule has 4 nitrogen and oxygen atoms in total. The summed E-state index contributed by atoms with van der Waals surface area (Å²) in [6, 6.07) is 3.69. The van der Waals surface area contributed by atoms with Crippen molar-refractivity contribution in [1.82, 2.24) is 9.88 Å². The third-order valence-electron chi connectivity index (χ3n) is 3.17. The molecule has 1 unspecified atom stereocenters. The highest BCUT2D eigenvalue weighted by atomic mass is 35.5. The maximum Gasteiger partial charge on any atom is 0.191 e. The van der Waals surface area contributed by atoms with Crippen LogP contribution < -0.4 is 5.73 Å². The van der Waals surface area contributed by atoms with Crippen molar-refractivity contribution in [2.45, 2.75) is 26.3 Å². The minimum absolute atomic E-state index is 0.508. The number of halogens is 1. The fraction of sp³-hybridized carbons (Fsp3) is 0.538. The van der Waals surface area contributed by atoms with E-state index in [0.29, 0.717) is 23.4 Å². The van der Waals surface area contributed by atoms with Crippen molar-refractivity contribution in [3.8, 4) is 0 Å². The van der Waals surface area contributed by atoms with E-state index in [1.165, 1.54) is 12.8 Å². The van der Waals surface area contributed by atoms with Gasteiger partial charge < -0.3 is 10.6 Å². The number of aromatic nitrogens is 1. The second kappa shape index (κ2) is 6.05. The number of guanidine groups is 1. The number of likely N-dealkylation sites (tertiary alicyclic amines) is 1. The molecule has 1 aromatic rings. The second-order valence-electron chi connectivity index (χ2n) is 4.84. The molecular formula is C13H19ClN4. The Morgan fingerprint density at radius 3 is 3.11 bits per heavy atom. The SMILES string of the molecule is CC1CCCN(C(N)=NCc2ccc(Cl)cn2)C1. The molecule has 1 aliphatic heterocycles. The van der Waals surface area contributed by atoms with Crippen molar-refractivity contribution in [2.24, 2.45) is 16.6 Å². The molecule has 0 aromatic carbocycles. The summed E-state index contributed by atoms with van der Waals surface area (Å²) in [7, 11) is 0. The smallest absolute Gasteiger partial charge is 0.191 e. The zero-order chi connectivity index (χ0) is 13.0. The van der Waals surface area contributed by atoms with Gasteiger partial charge in [-0.05, 0) is 30.9 Å². The highest BCUT2D eigenvalue weighted by molar-refractivity contribution is 6.30. The molecule has 2 heterocycles. The molecule has 1 aromatic heterocycles. The maximum absolute atomic E-state index is 6.01. The van der Waals surface area contributed by atoms with E-state index in [9.17, 15) is 0 Å². The molecule has 0 bridgehead atoms. The Bertz CT molecular complexity index is 416. The van der Waals surface area contributed by atoms with Crippen molar-refractivity contribution in [3.63, 3.8) is 0 Å². The molecule has 1 aliphatic rings. The summed E-state index contributed by atoms with van der Waals surface area (Å²) in [5.74, 6) is 1.32. The zero-order valence-corrected chi connectivity index (χ0v) is 11.4. The van der Waals surface area contributed by atoms with Crippen molar-refractivity contribution in [3.05, 3.63) is 29.0 Å². The van der Waals surface area contributed by atoms with Crippen molar-refractivity contribution in [2.75, 3.05) is 13.1 Å². The first-order chi connectivity index (χ1) is 8.65. The number of hydrogen-bond acceptors (Lipinski definition) is 2. The lowest BCUT2D eigenvalue weighted by Gasteiger charge is -2.31. The first-order valence-corrected chi connectivity index (χ1v) is 6.68. The third-order valence-corrected chi connectivity index (χ3v) is 3.40. The molecule has 2 rings (SSSR count). The summed E-state index contributed by atoms with van der Waals surface area (Å²) in [6.07, 6.45) is 4.10. The van der Waals surface area contributed by atoms with Crippen molar-refractivity contribution >= 4 is 17.6 Å². The van der Waals surface area contributed by atoms with Gasteiger partial charge in [0.25, 0.3) is 0 Å². The summed E-state index contributed by atoms with van der Waals surface area (Å²) >= 11 is 5.78. The van der Waals surface area contributed by atoms with Gasteiger partial charge in [0.05, 0.1) is 17.3 Å². The lowest BCUT2D eigenvalue weighted by Crippen LogP contribution is -2.43. The minimum atomic E-state index is 0.508. The van der Waals surface area contributed by atoms with Gasteiger partial charge in [0, 0.05) is 19.3 Å². The average Bonchev–Trinajstić information content (AvgIpc) is 2.38. The van der Waals surface area contributed by atoms with Gasteiger partial charge >= 0.3 is 0 Å². The first kappa shape index (κ1) is 13.1. The van der Waals surface area contributed by atoms with E-state index in [4.69, 9.17) is 17.3 Å². The fourth-order valence-corrected chi connectivity index (χ4v) is 2.27. The lowest BCUT2D eigenvalue weighted by atomic mass is 10.0. The van der Waals surface area contributed by atoms with Crippen LogP contribution in [0.4, 0.5) is 0 Å². The molecule has 1 atom stereocenters. The Hall–Kier alpha value is -1.29. The Morgan fingerprint density at radius 2 is 2.44 bits per heavy atom. The predicted octanol–water partition coefficient (Wildman–Crippen LogP) is 2.28. The normalized spacial score (nSPS) is 21.1. The van der Waals surface area contributed by atoms with Crippen LogP contribution in [0.2, 0.25) is 5.02 Å². The summed E-state index contributed by atoms with van der Waals surface area (Å²) in [5, 5.41) is 0.639. The van der Waals surface area contributed by atoms with Gasteiger partial charge in [-0.1, -0.05) is 18.5 Å². The predicted molar refractivity (Wildman–Crippen MR) is 74.5 cm³/mol. The van der Waals surface area contributed by atoms with Gasteiger partial charge in [0.1, 0.15) is 0 Å². The van der Waals surface area contributed by atoms with E-state index in [0.717, 1.165) is 18.8 Å². The monoisotopic (exact) mass is 266 g/mol. The van der Waals surface area contributed by atoms with Crippen LogP contribution in [0, 0.1) is 5.92 Å². The quantitative estimate of drug-likeness (QED) is 0.660. The van der Waals surface area contributed by atoms with E-state index < -0.39 is 0 Å². The van der Waals surface area contributed by atoms with Gasteiger partial charge in [-0.3, -0.25) is 4.98 Å². The molecule has 0 saturated carbocycles. The Kier molecular flexibility index (Phi) is 4.42. The van der Waals surface area contributed by atoms with Gasteiger partial charge in [-0.2, -0.15) is 0 Å². The Morgan fingerprint density at radius 1 is 1.61 bits per heavy atom. The second-order valence-corrected chi connectivity index (χ2v) is 5.27. The topological polar surface area (TPSA) is 54.5 Å². The largest absolute Gasteiger partial charge is 0.370 e. The van der Waals surface area contributed by atoms with Crippen molar-refractivity contribution in [1.29, 1.82) is 0 Å². The summed E-state index contributed by atoms with van der Waals surface area (Å²) in [4.78, 5) is 10.8. The van der Waals surface area contributed by atoms with Crippen LogP contribution in [0.15, 0.2) is 23.3 Å². The molecule has 1 fully saturated rings. The highest BCUT2D eigenvalue weighted by Crippen LogP contribution is 2.15. The van der Waals surface area contributed by atoms with Crippen LogP contribution in [0.3, 0.4) is 0 Å². The maximum atomic E-state index is 6.01. The van der Waals surface area contributed by atoms with E-state index >= 15 is 0 Å². The molecule has 0 aliphatic carbocycles. The molecule has 1 saturated heterocycles. The molecular weight excluding hydrogens is 248 g/mol.